The van der Waals surface area contributed by atoms with Crippen LogP contribution in [0.1, 0.15) is 26.3 Å². The van der Waals surface area contributed by atoms with Gasteiger partial charge in [0.25, 0.3) is 0 Å². The van der Waals surface area contributed by atoms with Crippen molar-refractivity contribution in [3.8, 4) is 11.3 Å². The molecule has 0 aliphatic heterocycles. The van der Waals surface area contributed by atoms with Crippen molar-refractivity contribution in [2.45, 2.75) is 32.9 Å². The molecule has 4 nitrogen and oxygen atoms in total. The maximum atomic E-state index is 11.6. The summed E-state index contributed by atoms with van der Waals surface area (Å²) in [5.74, 6) is 0. The first-order valence-corrected chi connectivity index (χ1v) is 6.91. The van der Waals surface area contributed by atoms with Crippen molar-refractivity contribution in [2.75, 3.05) is 0 Å². The fourth-order valence-corrected chi connectivity index (χ4v) is 1.80. The van der Waals surface area contributed by atoms with Gasteiger partial charge in [-0.2, -0.15) is 0 Å². The molecule has 0 atom stereocenters. The van der Waals surface area contributed by atoms with Crippen LogP contribution in [-0.4, -0.2) is 16.7 Å². The van der Waals surface area contributed by atoms with Gasteiger partial charge >= 0.3 is 6.09 Å². The second-order valence-corrected chi connectivity index (χ2v) is 5.77. The molecule has 0 fully saturated rings. The van der Waals surface area contributed by atoms with Crippen molar-refractivity contribution in [1.29, 1.82) is 0 Å². The fourth-order valence-electron chi connectivity index (χ4n) is 1.80. The molecule has 2 aromatic rings. The van der Waals surface area contributed by atoms with Gasteiger partial charge in [-0.3, -0.25) is 4.98 Å². The van der Waals surface area contributed by atoms with Gasteiger partial charge in [-0.1, -0.05) is 36.4 Å². The average molecular weight is 284 g/mol. The number of pyridine rings is 1. The molecule has 1 N–H and O–H groups in total. The zero-order valence-electron chi connectivity index (χ0n) is 12.6. The Bertz CT molecular complexity index is 586. The third kappa shape index (κ3) is 4.91. The van der Waals surface area contributed by atoms with E-state index in [2.05, 4.69) is 10.3 Å². The van der Waals surface area contributed by atoms with Gasteiger partial charge in [-0.15, -0.1) is 0 Å². The summed E-state index contributed by atoms with van der Waals surface area (Å²) in [4.78, 5) is 16.0. The molecule has 21 heavy (non-hydrogen) atoms. The van der Waals surface area contributed by atoms with Crippen molar-refractivity contribution < 1.29 is 9.53 Å². The van der Waals surface area contributed by atoms with E-state index in [1.807, 2.05) is 63.2 Å². The van der Waals surface area contributed by atoms with E-state index in [0.29, 0.717) is 6.54 Å². The number of amides is 1. The van der Waals surface area contributed by atoms with Gasteiger partial charge in [-0.25, -0.2) is 4.79 Å². The van der Waals surface area contributed by atoms with Crippen LogP contribution < -0.4 is 5.32 Å². The van der Waals surface area contributed by atoms with Crippen LogP contribution in [0.2, 0.25) is 0 Å². The number of rotatable bonds is 3. The highest BCUT2D eigenvalue weighted by atomic mass is 16.6. The molecule has 1 amide bonds. The SMILES string of the molecule is CC(C)(C)OC(=O)NCc1ccc(-c2ccccc2)nc1. The predicted octanol–water partition coefficient (Wildman–Crippen LogP) is 3.77. The lowest BCUT2D eigenvalue weighted by Gasteiger charge is -2.19. The Kier molecular flexibility index (Phi) is 4.58. The number of alkyl carbamates (subject to hydrolysis) is 1. The van der Waals surface area contributed by atoms with E-state index in [4.69, 9.17) is 4.74 Å². The lowest BCUT2D eigenvalue weighted by Crippen LogP contribution is -2.32. The summed E-state index contributed by atoms with van der Waals surface area (Å²) in [5.41, 5.74) is 2.43. The van der Waals surface area contributed by atoms with Crippen LogP contribution in [0.25, 0.3) is 11.3 Å². The average Bonchev–Trinajstić information content (AvgIpc) is 2.45. The Morgan fingerprint density at radius 1 is 1.14 bits per heavy atom. The van der Waals surface area contributed by atoms with Gasteiger partial charge in [0.2, 0.25) is 0 Å². The van der Waals surface area contributed by atoms with Gasteiger partial charge in [0.15, 0.2) is 0 Å². The van der Waals surface area contributed by atoms with Crippen molar-refractivity contribution >= 4 is 6.09 Å². The predicted molar refractivity (Wildman–Crippen MR) is 82.7 cm³/mol. The first-order valence-electron chi connectivity index (χ1n) is 6.91. The summed E-state index contributed by atoms with van der Waals surface area (Å²) in [6.07, 6.45) is 1.34. The van der Waals surface area contributed by atoms with E-state index in [0.717, 1.165) is 16.8 Å². The quantitative estimate of drug-likeness (QED) is 0.933. The molecule has 0 unspecified atom stereocenters. The van der Waals surface area contributed by atoms with Crippen LogP contribution in [0.5, 0.6) is 0 Å². The topological polar surface area (TPSA) is 51.2 Å². The lowest BCUT2D eigenvalue weighted by atomic mass is 10.1. The van der Waals surface area contributed by atoms with E-state index < -0.39 is 11.7 Å². The molecule has 1 aromatic carbocycles. The molecular formula is C17H20N2O2. The van der Waals surface area contributed by atoms with E-state index in [9.17, 15) is 4.79 Å². The summed E-state index contributed by atoms with van der Waals surface area (Å²) in [6.45, 7) is 5.91. The molecule has 1 aromatic heterocycles. The second kappa shape index (κ2) is 6.39. The van der Waals surface area contributed by atoms with Gasteiger partial charge < -0.3 is 10.1 Å². The molecule has 1 heterocycles. The largest absolute Gasteiger partial charge is 0.444 e. The van der Waals surface area contributed by atoms with Crippen LogP contribution in [0.4, 0.5) is 4.79 Å². The molecule has 0 aliphatic rings. The van der Waals surface area contributed by atoms with E-state index >= 15 is 0 Å². The Morgan fingerprint density at radius 3 is 2.43 bits per heavy atom. The molecule has 0 saturated heterocycles. The minimum Gasteiger partial charge on any atom is -0.444 e. The maximum Gasteiger partial charge on any atom is 0.407 e. The molecule has 0 aliphatic carbocycles. The van der Waals surface area contributed by atoms with E-state index in [1.165, 1.54) is 0 Å². The molecule has 2 rings (SSSR count). The van der Waals surface area contributed by atoms with Gasteiger partial charge in [-0.05, 0) is 32.4 Å². The molecule has 0 spiro atoms. The normalized spacial score (nSPS) is 11.0. The van der Waals surface area contributed by atoms with Crippen LogP contribution in [0.3, 0.4) is 0 Å². The van der Waals surface area contributed by atoms with Gasteiger partial charge in [0.1, 0.15) is 5.60 Å². The third-order valence-corrected chi connectivity index (χ3v) is 2.73. The minimum absolute atomic E-state index is 0.400. The Hall–Kier alpha value is -2.36. The first kappa shape index (κ1) is 15.0. The summed E-state index contributed by atoms with van der Waals surface area (Å²) in [7, 11) is 0. The molecule has 0 saturated carbocycles. The minimum atomic E-state index is -0.487. The maximum absolute atomic E-state index is 11.6. The number of hydrogen-bond donors (Lipinski definition) is 1. The highest BCUT2D eigenvalue weighted by molar-refractivity contribution is 5.67. The number of nitrogens with one attached hydrogen (secondary N) is 1. The number of nitrogens with zero attached hydrogens (tertiary/aromatic N) is 1. The zero-order chi connectivity index (χ0) is 15.3. The highest BCUT2D eigenvalue weighted by Gasteiger charge is 2.15. The van der Waals surface area contributed by atoms with Crippen LogP contribution >= 0.6 is 0 Å². The summed E-state index contributed by atoms with van der Waals surface area (Å²) in [6, 6.07) is 13.9. The van der Waals surface area contributed by atoms with Crippen LogP contribution in [0.15, 0.2) is 48.7 Å². The van der Waals surface area contributed by atoms with Gasteiger partial charge in [0, 0.05) is 18.3 Å². The number of aromatic nitrogens is 1. The van der Waals surface area contributed by atoms with E-state index in [-0.39, 0.29) is 0 Å². The van der Waals surface area contributed by atoms with Crippen LogP contribution in [-0.2, 0) is 11.3 Å². The molecule has 0 bridgehead atoms. The summed E-state index contributed by atoms with van der Waals surface area (Å²) < 4.78 is 5.18. The van der Waals surface area contributed by atoms with Crippen molar-refractivity contribution in [2.24, 2.45) is 0 Å². The molecule has 110 valence electrons. The third-order valence-electron chi connectivity index (χ3n) is 2.73. The first-order chi connectivity index (χ1) is 9.94. The van der Waals surface area contributed by atoms with Gasteiger partial charge in [0.05, 0.1) is 5.69 Å². The zero-order valence-corrected chi connectivity index (χ0v) is 12.6. The Balaban J connectivity index is 1.93. The molecule has 0 radical (unpaired) electrons. The Morgan fingerprint density at radius 2 is 1.86 bits per heavy atom. The Labute approximate surface area is 125 Å². The smallest absolute Gasteiger partial charge is 0.407 e. The fraction of sp³-hybridized carbons (Fsp3) is 0.294. The second-order valence-electron chi connectivity index (χ2n) is 5.77. The standard InChI is InChI=1S/C17H20N2O2/c1-17(2,3)21-16(20)19-12-13-9-10-15(18-11-13)14-7-5-4-6-8-14/h4-11H,12H2,1-3H3,(H,19,20). The van der Waals surface area contributed by atoms with Crippen molar-refractivity contribution in [3.63, 3.8) is 0 Å². The van der Waals surface area contributed by atoms with Crippen molar-refractivity contribution in [1.82, 2.24) is 10.3 Å². The number of carbonyl (C=O) groups excluding carboxylic acids is 1. The van der Waals surface area contributed by atoms with Crippen LogP contribution in [0, 0.1) is 0 Å². The monoisotopic (exact) mass is 284 g/mol. The highest BCUT2D eigenvalue weighted by Crippen LogP contribution is 2.16. The number of carbonyl (C=O) groups is 1. The summed E-state index contributed by atoms with van der Waals surface area (Å²) >= 11 is 0. The number of hydrogen-bond acceptors (Lipinski definition) is 3. The number of ether oxygens (including phenoxy) is 1. The van der Waals surface area contributed by atoms with Crippen molar-refractivity contribution in [3.05, 3.63) is 54.2 Å². The molecular weight excluding hydrogens is 264 g/mol. The molecule has 4 heteroatoms. The van der Waals surface area contributed by atoms with E-state index in [1.54, 1.807) is 6.20 Å². The lowest BCUT2D eigenvalue weighted by molar-refractivity contribution is 0.0523. The number of benzene rings is 1. The summed E-state index contributed by atoms with van der Waals surface area (Å²) in [5, 5.41) is 2.71.